The molecule has 3 aliphatic rings. The highest BCUT2D eigenvalue weighted by Gasteiger charge is 2.61. The van der Waals surface area contributed by atoms with Crippen molar-refractivity contribution in [1.29, 1.82) is 0 Å². The molecule has 8 atom stereocenters. The molecule has 3 fully saturated rings. The molecule has 0 unspecified atom stereocenters. The molecule has 2 aliphatic heterocycles. The number of esters is 1. The molecule has 51 heavy (non-hydrogen) atoms. The van der Waals surface area contributed by atoms with Gasteiger partial charge in [0.25, 0.3) is 0 Å². The Morgan fingerprint density at radius 2 is 1.45 bits per heavy atom. The van der Waals surface area contributed by atoms with Gasteiger partial charge in [0.05, 0.1) is 33.0 Å². The highest BCUT2D eigenvalue weighted by atomic mass is 28.3. The summed E-state index contributed by atoms with van der Waals surface area (Å²) in [6, 6.07) is 39.5. The van der Waals surface area contributed by atoms with E-state index in [1.54, 1.807) is 12.1 Å². The lowest BCUT2D eigenvalue weighted by Crippen LogP contribution is -2.60. The van der Waals surface area contributed by atoms with Crippen LogP contribution in [0.25, 0.3) is 0 Å². The Bertz CT molecular complexity index is 1680. The van der Waals surface area contributed by atoms with E-state index in [0.29, 0.717) is 18.6 Å². The quantitative estimate of drug-likeness (QED) is 0.123. The number of carbonyl (C=O) groups excluding carboxylic acids is 1. The third-order valence-electron chi connectivity index (χ3n) is 10.9. The molecule has 4 aromatic rings. The molecule has 7 rings (SSSR count). The number of carbonyl (C=O) groups is 1. The monoisotopic (exact) mass is 707 g/mol. The second-order valence-electron chi connectivity index (χ2n) is 14.6. The number of aliphatic hydroxyl groups excluding tert-OH is 1. The van der Waals surface area contributed by atoms with E-state index in [0.717, 1.165) is 31.2 Å². The van der Waals surface area contributed by atoms with Crippen LogP contribution in [0.3, 0.4) is 0 Å². The molecule has 1 N–H and O–H groups in total. The largest absolute Gasteiger partial charge is 0.457 e. The minimum atomic E-state index is -2.47. The van der Waals surface area contributed by atoms with E-state index >= 15 is 0 Å². The van der Waals surface area contributed by atoms with Crippen LogP contribution in [-0.2, 0) is 30.5 Å². The first-order chi connectivity index (χ1) is 24.9. The number of benzene rings is 4. The van der Waals surface area contributed by atoms with Gasteiger partial charge in [-0.25, -0.2) is 9.63 Å². The molecule has 8 nitrogen and oxygen atoms in total. The van der Waals surface area contributed by atoms with Crippen LogP contribution >= 0.6 is 0 Å². The molecule has 1 saturated carbocycles. The summed E-state index contributed by atoms with van der Waals surface area (Å²) in [5.74, 6) is -0.172. The van der Waals surface area contributed by atoms with E-state index in [4.69, 9.17) is 23.9 Å². The SMILES string of the molecule is C[Si](C)(c1ccccc1)[C@H]1[C@@H]([C@@H](O)COCc2ccccc2)ON2O[C@@H](O[C@H]3CCCC[C@@H]3c3ccccc3)C[C@@H](OC(=O)c3ccccc3)[C@H]12. The first kappa shape index (κ1) is 35.7. The van der Waals surface area contributed by atoms with Gasteiger partial charge in [-0.05, 0) is 36.1 Å². The van der Waals surface area contributed by atoms with Crippen LogP contribution in [0.1, 0.15) is 59.5 Å². The van der Waals surface area contributed by atoms with Crippen molar-refractivity contribution in [2.75, 3.05) is 6.61 Å². The molecule has 0 radical (unpaired) electrons. The number of rotatable bonds is 12. The molecule has 0 amide bonds. The smallest absolute Gasteiger partial charge is 0.338 e. The van der Waals surface area contributed by atoms with Crippen molar-refractivity contribution in [1.82, 2.24) is 5.23 Å². The zero-order chi connectivity index (χ0) is 35.2. The fourth-order valence-electron chi connectivity index (χ4n) is 8.22. The molecule has 268 valence electrons. The van der Waals surface area contributed by atoms with Crippen LogP contribution in [0.2, 0.25) is 18.6 Å². The number of hydrogen-bond acceptors (Lipinski definition) is 8. The van der Waals surface area contributed by atoms with Crippen molar-refractivity contribution in [3.63, 3.8) is 0 Å². The lowest BCUT2D eigenvalue weighted by atomic mass is 9.81. The Balaban J connectivity index is 1.19. The molecule has 0 bridgehead atoms. The normalized spacial score (nSPS) is 27.4. The van der Waals surface area contributed by atoms with Crippen molar-refractivity contribution in [3.8, 4) is 0 Å². The molecule has 1 aliphatic carbocycles. The van der Waals surface area contributed by atoms with Gasteiger partial charge in [-0.2, -0.15) is 0 Å². The molecule has 2 saturated heterocycles. The fraction of sp³-hybridized carbons (Fsp3) is 0.405. The summed E-state index contributed by atoms with van der Waals surface area (Å²) in [4.78, 5) is 27.0. The maximum atomic E-state index is 13.7. The summed E-state index contributed by atoms with van der Waals surface area (Å²) in [5, 5.41) is 14.6. The van der Waals surface area contributed by atoms with E-state index in [1.165, 1.54) is 16.0 Å². The highest BCUT2D eigenvalue weighted by Crippen LogP contribution is 2.48. The summed E-state index contributed by atoms with van der Waals surface area (Å²) in [5.41, 5.74) is 2.54. The van der Waals surface area contributed by atoms with Crippen LogP contribution in [-0.4, -0.2) is 67.7 Å². The summed E-state index contributed by atoms with van der Waals surface area (Å²) < 4.78 is 19.3. The Morgan fingerprint density at radius 3 is 2.16 bits per heavy atom. The zero-order valence-electron chi connectivity index (χ0n) is 29.5. The second-order valence-corrected chi connectivity index (χ2v) is 19.3. The van der Waals surface area contributed by atoms with E-state index in [2.05, 4.69) is 49.5 Å². The lowest BCUT2D eigenvalue weighted by molar-refractivity contribution is -0.451. The maximum Gasteiger partial charge on any atom is 0.338 e. The van der Waals surface area contributed by atoms with Gasteiger partial charge in [-0.15, -0.1) is 0 Å². The fourth-order valence-corrected chi connectivity index (χ4v) is 12.0. The van der Waals surface area contributed by atoms with E-state index in [-0.39, 0.29) is 24.2 Å². The summed E-state index contributed by atoms with van der Waals surface area (Å²) in [6.07, 6.45) is 1.47. The number of fused-ring (bicyclic) bond motifs is 1. The maximum absolute atomic E-state index is 13.7. The van der Waals surface area contributed by atoms with Crippen LogP contribution in [0.4, 0.5) is 0 Å². The Labute approximate surface area is 302 Å². The van der Waals surface area contributed by atoms with Gasteiger partial charge in [0.15, 0.2) is 6.29 Å². The second kappa shape index (κ2) is 16.3. The first-order valence-corrected chi connectivity index (χ1v) is 21.4. The summed E-state index contributed by atoms with van der Waals surface area (Å²) >= 11 is 0. The van der Waals surface area contributed by atoms with E-state index in [1.807, 2.05) is 72.8 Å². The van der Waals surface area contributed by atoms with Gasteiger partial charge < -0.3 is 19.3 Å². The third-order valence-corrected chi connectivity index (χ3v) is 15.0. The van der Waals surface area contributed by atoms with Crippen LogP contribution in [0.15, 0.2) is 121 Å². The van der Waals surface area contributed by atoms with Crippen molar-refractivity contribution in [3.05, 3.63) is 138 Å². The number of aliphatic hydroxyl groups is 1. The van der Waals surface area contributed by atoms with E-state index in [9.17, 15) is 9.90 Å². The molecule has 9 heteroatoms. The Morgan fingerprint density at radius 1 is 0.824 bits per heavy atom. The lowest BCUT2D eigenvalue weighted by Gasteiger charge is -2.44. The summed E-state index contributed by atoms with van der Waals surface area (Å²) in [7, 11) is -2.47. The van der Waals surface area contributed by atoms with Gasteiger partial charge >= 0.3 is 5.97 Å². The van der Waals surface area contributed by atoms with Crippen molar-refractivity contribution >= 4 is 19.2 Å². The number of ether oxygens (including phenoxy) is 3. The Hall–Kier alpha value is -3.67. The number of hydrogen-bond donors (Lipinski definition) is 1. The average molecular weight is 708 g/mol. The van der Waals surface area contributed by atoms with Gasteiger partial charge in [0, 0.05) is 17.9 Å². The third kappa shape index (κ3) is 8.21. The molecule has 0 aromatic heterocycles. The van der Waals surface area contributed by atoms with Crippen LogP contribution in [0.5, 0.6) is 0 Å². The molecule has 0 spiro atoms. The van der Waals surface area contributed by atoms with Gasteiger partial charge in [-0.3, -0.25) is 4.84 Å². The number of hydroxylamine groups is 2. The van der Waals surface area contributed by atoms with Crippen LogP contribution < -0.4 is 5.19 Å². The highest BCUT2D eigenvalue weighted by molar-refractivity contribution is 6.91. The Kier molecular flexibility index (Phi) is 11.4. The van der Waals surface area contributed by atoms with Gasteiger partial charge in [0.2, 0.25) is 0 Å². The molecular weight excluding hydrogens is 659 g/mol. The predicted molar refractivity (Wildman–Crippen MR) is 198 cm³/mol. The first-order valence-electron chi connectivity index (χ1n) is 18.3. The molecular formula is C42H49NO7Si. The van der Waals surface area contributed by atoms with Gasteiger partial charge in [0.1, 0.15) is 24.4 Å². The predicted octanol–water partition coefficient (Wildman–Crippen LogP) is 7.16. The van der Waals surface area contributed by atoms with Crippen molar-refractivity contribution < 1.29 is 33.8 Å². The zero-order valence-corrected chi connectivity index (χ0v) is 30.5. The molecule has 4 aromatic carbocycles. The van der Waals surface area contributed by atoms with E-state index < -0.39 is 44.7 Å². The van der Waals surface area contributed by atoms with Crippen molar-refractivity contribution in [2.45, 2.75) is 100 Å². The standard InChI is InChI=1S/C42H49NO7Si/c1-51(2,33-23-13-6-14-24-33)41-39-37(48-42(45)32-21-11-5-12-22-32)27-38(47-36-26-16-15-25-34(36)31-19-9-4-10-20-31)49-43(39)50-40(41)35(44)29-46-28-30-17-7-3-8-18-30/h3-14,17-24,34-41,44H,15-16,25-29H2,1-2H3/t34-,35+,36+,37-,38-,39-,40-,41-/m1/s1. The molecule has 2 heterocycles. The number of nitrogens with zero attached hydrogens (tertiary/aromatic N) is 1. The minimum Gasteiger partial charge on any atom is -0.457 e. The van der Waals surface area contributed by atoms with Gasteiger partial charge in [-0.1, -0.05) is 146 Å². The van der Waals surface area contributed by atoms with Crippen LogP contribution in [0, 0.1) is 0 Å². The topological polar surface area (TPSA) is 86.7 Å². The summed E-state index contributed by atoms with van der Waals surface area (Å²) in [6.45, 7) is 5.02. The minimum absolute atomic E-state index is 0.0607. The average Bonchev–Trinajstić information content (AvgIpc) is 3.57. The van der Waals surface area contributed by atoms with Crippen molar-refractivity contribution in [2.24, 2.45) is 0 Å².